The molecule has 0 heterocycles. The standard InChI is InChI=1S/C26H26N4O5/c1-3-34-24-15-20(9-14-23(24)35-17-19-7-5-4-6-8-19)16-27-30-26(33)25(32)29-22-12-10-21(11-13-22)28-18(2)31/h4-16H,3,17H2,1-2H3,(H,28,31)(H,29,32)(H,30,33). The Morgan fingerprint density at radius 2 is 1.51 bits per heavy atom. The second-order valence-electron chi connectivity index (χ2n) is 7.33. The van der Waals surface area contributed by atoms with Gasteiger partial charge in [0.1, 0.15) is 6.61 Å². The van der Waals surface area contributed by atoms with E-state index < -0.39 is 11.8 Å². The summed E-state index contributed by atoms with van der Waals surface area (Å²) in [6.07, 6.45) is 1.40. The van der Waals surface area contributed by atoms with Crippen molar-refractivity contribution in [3.63, 3.8) is 0 Å². The average molecular weight is 475 g/mol. The lowest BCUT2D eigenvalue weighted by atomic mass is 10.2. The zero-order valence-electron chi connectivity index (χ0n) is 19.4. The molecule has 3 aromatic carbocycles. The van der Waals surface area contributed by atoms with Gasteiger partial charge >= 0.3 is 11.8 Å². The van der Waals surface area contributed by atoms with Crippen molar-refractivity contribution in [3.8, 4) is 11.5 Å². The van der Waals surface area contributed by atoms with Crippen molar-refractivity contribution in [3.05, 3.63) is 83.9 Å². The van der Waals surface area contributed by atoms with Gasteiger partial charge in [-0.3, -0.25) is 14.4 Å². The first kappa shape index (κ1) is 25.0. The summed E-state index contributed by atoms with van der Waals surface area (Å²) in [5, 5.41) is 8.92. The normalized spacial score (nSPS) is 10.5. The molecule has 0 saturated carbocycles. The van der Waals surface area contributed by atoms with Gasteiger partial charge in [-0.1, -0.05) is 30.3 Å². The Labute approximate surface area is 203 Å². The molecule has 0 fully saturated rings. The van der Waals surface area contributed by atoms with E-state index in [1.165, 1.54) is 13.1 Å². The molecular weight excluding hydrogens is 448 g/mol. The van der Waals surface area contributed by atoms with Crippen LogP contribution in [0.25, 0.3) is 0 Å². The lowest BCUT2D eigenvalue weighted by molar-refractivity contribution is -0.136. The van der Waals surface area contributed by atoms with E-state index in [1.807, 2.05) is 37.3 Å². The van der Waals surface area contributed by atoms with Gasteiger partial charge in [0.05, 0.1) is 12.8 Å². The maximum Gasteiger partial charge on any atom is 0.329 e. The molecule has 3 rings (SSSR count). The van der Waals surface area contributed by atoms with Gasteiger partial charge in [-0.25, -0.2) is 5.43 Å². The lowest BCUT2D eigenvalue weighted by Crippen LogP contribution is -2.32. The Kier molecular flexibility index (Phi) is 8.95. The summed E-state index contributed by atoms with van der Waals surface area (Å²) in [6.45, 7) is 4.11. The van der Waals surface area contributed by atoms with E-state index in [1.54, 1.807) is 42.5 Å². The van der Waals surface area contributed by atoms with Gasteiger partial charge in [0.25, 0.3) is 0 Å². The molecule has 0 saturated heterocycles. The van der Waals surface area contributed by atoms with E-state index in [0.717, 1.165) is 5.56 Å². The zero-order chi connectivity index (χ0) is 25.0. The fraction of sp³-hybridized carbons (Fsp3) is 0.154. The molecule has 35 heavy (non-hydrogen) atoms. The maximum atomic E-state index is 12.1. The average Bonchev–Trinajstić information content (AvgIpc) is 2.85. The summed E-state index contributed by atoms with van der Waals surface area (Å²) in [5.74, 6) is -0.893. The third-order valence-electron chi connectivity index (χ3n) is 4.55. The molecule has 3 aromatic rings. The molecule has 0 spiro atoms. The Morgan fingerprint density at radius 3 is 2.17 bits per heavy atom. The van der Waals surface area contributed by atoms with Crippen molar-refractivity contribution in [2.75, 3.05) is 17.2 Å². The summed E-state index contributed by atoms with van der Waals surface area (Å²) in [6, 6.07) is 21.4. The fourth-order valence-electron chi connectivity index (χ4n) is 2.97. The summed E-state index contributed by atoms with van der Waals surface area (Å²) < 4.78 is 11.5. The molecule has 9 heteroatoms. The summed E-state index contributed by atoms with van der Waals surface area (Å²) in [4.78, 5) is 35.2. The molecule has 180 valence electrons. The van der Waals surface area contributed by atoms with Crippen LogP contribution in [0.1, 0.15) is 25.0 Å². The van der Waals surface area contributed by atoms with Crippen molar-refractivity contribution in [1.29, 1.82) is 0 Å². The van der Waals surface area contributed by atoms with Crippen LogP contribution in [0, 0.1) is 0 Å². The Morgan fingerprint density at radius 1 is 0.829 bits per heavy atom. The molecule has 0 aliphatic carbocycles. The Balaban J connectivity index is 1.55. The molecule has 0 atom stereocenters. The number of hydrogen-bond donors (Lipinski definition) is 3. The third-order valence-corrected chi connectivity index (χ3v) is 4.55. The van der Waals surface area contributed by atoms with E-state index in [-0.39, 0.29) is 5.91 Å². The van der Waals surface area contributed by atoms with Crippen LogP contribution in [0.4, 0.5) is 11.4 Å². The Hall–Kier alpha value is -4.66. The highest BCUT2D eigenvalue weighted by Gasteiger charge is 2.13. The number of hydrogen-bond acceptors (Lipinski definition) is 6. The van der Waals surface area contributed by atoms with Gasteiger partial charge < -0.3 is 20.1 Å². The van der Waals surface area contributed by atoms with Gasteiger partial charge in [-0.2, -0.15) is 5.10 Å². The van der Waals surface area contributed by atoms with Crippen LogP contribution in [0.3, 0.4) is 0 Å². The minimum atomic E-state index is -0.931. The fourth-order valence-corrected chi connectivity index (χ4v) is 2.97. The number of ether oxygens (including phenoxy) is 2. The predicted octanol–water partition coefficient (Wildman–Crippen LogP) is 3.71. The molecule has 0 aliphatic rings. The van der Waals surface area contributed by atoms with Gasteiger partial charge in [-0.15, -0.1) is 0 Å². The molecule has 0 bridgehead atoms. The van der Waals surface area contributed by atoms with Crippen LogP contribution in [0.15, 0.2) is 77.9 Å². The number of carbonyl (C=O) groups is 3. The Bertz CT molecular complexity index is 1190. The summed E-state index contributed by atoms with van der Waals surface area (Å²) >= 11 is 0. The largest absolute Gasteiger partial charge is 0.490 e. The number of anilines is 2. The maximum absolute atomic E-state index is 12.1. The highest BCUT2D eigenvalue weighted by molar-refractivity contribution is 6.39. The quantitative estimate of drug-likeness (QED) is 0.248. The van der Waals surface area contributed by atoms with Crippen LogP contribution in [-0.4, -0.2) is 30.5 Å². The molecule has 0 radical (unpaired) electrons. The van der Waals surface area contributed by atoms with Crippen LogP contribution in [-0.2, 0) is 21.0 Å². The molecule has 9 nitrogen and oxygen atoms in total. The first-order valence-corrected chi connectivity index (χ1v) is 10.9. The zero-order valence-corrected chi connectivity index (χ0v) is 19.4. The van der Waals surface area contributed by atoms with Crippen molar-refractivity contribution in [2.45, 2.75) is 20.5 Å². The van der Waals surface area contributed by atoms with Crippen molar-refractivity contribution < 1.29 is 23.9 Å². The minimum Gasteiger partial charge on any atom is -0.490 e. The second kappa shape index (κ2) is 12.5. The van der Waals surface area contributed by atoms with Crippen LogP contribution in [0.2, 0.25) is 0 Å². The van der Waals surface area contributed by atoms with E-state index in [4.69, 9.17) is 9.47 Å². The number of nitrogens with zero attached hydrogens (tertiary/aromatic N) is 1. The number of benzene rings is 3. The topological polar surface area (TPSA) is 118 Å². The lowest BCUT2D eigenvalue weighted by Gasteiger charge is -2.12. The molecule has 0 aromatic heterocycles. The van der Waals surface area contributed by atoms with E-state index in [0.29, 0.717) is 41.7 Å². The second-order valence-corrected chi connectivity index (χ2v) is 7.33. The van der Waals surface area contributed by atoms with Crippen LogP contribution < -0.4 is 25.5 Å². The monoisotopic (exact) mass is 474 g/mol. The van der Waals surface area contributed by atoms with Crippen LogP contribution in [0.5, 0.6) is 11.5 Å². The highest BCUT2D eigenvalue weighted by Crippen LogP contribution is 2.29. The summed E-state index contributed by atoms with van der Waals surface area (Å²) in [7, 11) is 0. The third kappa shape index (κ3) is 8.01. The first-order chi connectivity index (χ1) is 16.9. The molecule has 0 aliphatic heterocycles. The summed E-state index contributed by atoms with van der Waals surface area (Å²) in [5.41, 5.74) is 4.85. The molecule has 0 unspecified atom stereocenters. The molecular formula is C26H26N4O5. The van der Waals surface area contributed by atoms with Crippen molar-refractivity contribution in [2.24, 2.45) is 5.10 Å². The number of rotatable bonds is 9. The minimum absolute atomic E-state index is 0.207. The van der Waals surface area contributed by atoms with Crippen molar-refractivity contribution in [1.82, 2.24) is 5.43 Å². The number of hydrazone groups is 1. The van der Waals surface area contributed by atoms with Gasteiger partial charge in [0, 0.05) is 18.3 Å². The van der Waals surface area contributed by atoms with Crippen LogP contribution >= 0.6 is 0 Å². The van der Waals surface area contributed by atoms with E-state index >= 15 is 0 Å². The van der Waals surface area contributed by atoms with E-state index in [2.05, 4.69) is 21.2 Å². The predicted molar refractivity (Wildman–Crippen MR) is 133 cm³/mol. The SMILES string of the molecule is CCOc1cc(C=NNC(=O)C(=O)Nc2ccc(NC(C)=O)cc2)ccc1OCc1ccccc1. The van der Waals surface area contributed by atoms with Gasteiger partial charge in [0.2, 0.25) is 5.91 Å². The number of amides is 3. The highest BCUT2D eigenvalue weighted by atomic mass is 16.5. The van der Waals surface area contributed by atoms with Crippen molar-refractivity contribution >= 4 is 35.3 Å². The molecule has 3 amide bonds. The van der Waals surface area contributed by atoms with E-state index in [9.17, 15) is 14.4 Å². The smallest absolute Gasteiger partial charge is 0.329 e. The van der Waals surface area contributed by atoms with Gasteiger partial charge in [0.15, 0.2) is 11.5 Å². The van der Waals surface area contributed by atoms with Gasteiger partial charge in [-0.05, 0) is 60.5 Å². The molecule has 3 N–H and O–H groups in total. The number of carbonyl (C=O) groups excluding carboxylic acids is 3. The first-order valence-electron chi connectivity index (χ1n) is 10.9. The number of nitrogens with one attached hydrogen (secondary N) is 3.